The molecule has 1 aliphatic heterocycles. The number of nitrogens with one attached hydrogen (secondary N) is 2. The van der Waals surface area contributed by atoms with Gasteiger partial charge < -0.3 is 10.2 Å². The van der Waals surface area contributed by atoms with Gasteiger partial charge in [0.1, 0.15) is 10.0 Å². The van der Waals surface area contributed by atoms with Crippen molar-refractivity contribution in [1.29, 1.82) is 0 Å². The third-order valence-electron chi connectivity index (χ3n) is 9.06. The van der Waals surface area contributed by atoms with E-state index in [4.69, 9.17) is 5.10 Å². The lowest BCUT2D eigenvalue weighted by Crippen LogP contribution is -2.39. The average Bonchev–Trinajstić information content (AvgIpc) is 3.65. The number of piperidine rings is 1. The van der Waals surface area contributed by atoms with Crippen molar-refractivity contribution in [3.63, 3.8) is 0 Å². The van der Waals surface area contributed by atoms with E-state index in [2.05, 4.69) is 31.4 Å². The summed E-state index contributed by atoms with van der Waals surface area (Å²) in [5, 5.41) is 10.9. The summed E-state index contributed by atoms with van der Waals surface area (Å²) in [7, 11) is -3.43. The van der Waals surface area contributed by atoms with Crippen molar-refractivity contribution in [3.8, 4) is 5.69 Å². The number of hydrogen-bond donors (Lipinski definition) is 2. The number of aromatic nitrogens is 2. The number of carbonyl (C=O) groups is 2. The molecule has 2 N–H and O–H groups in total. The van der Waals surface area contributed by atoms with Gasteiger partial charge in [0.2, 0.25) is 0 Å². The van der Waals surface area contributed by atoms with Crippen molar-refractivity contribution in [2.24, 2.45) is 5.92 Å². The van der Waals surface area contributed by atoms with Gasteiger partial charge in [-0.2, -0.15) is 5.10 Å². The molecule has 6 rings (SSSR count). The van der Waals surface area contributed by atoms with E-state index in [9.17, 15) is 18.0 Å². The molecular formula is C37H43N5O4S2. The summed E-state index contributed by atoms with van der Waals surface area (Å²) >= 11 is 1.12. The maximum Gasteiger partial charge on any atom is 0.324 e. The Bertz CT molecular complexity index is 1980. The quantitative estimate of drug-likeness (QED) is 0.208. The van der Waals surface area contributed by atoms with E-state index in [1.807, 2.05) is 78.6 Å². The van der Waals surface area contributed by atoms with Gasteiger partial charge in [0.15, 0.2) is 9.84 Å². The van der Waals surface area contributed by atoms with Crippen LogP contribution < -0.4 is 10.6 Å². The average molecular weight is 686 g/mol. The lowest BCUT2D eigenvalue weighted by atomic mass is 9.89. The van der Waals surface area contributed by atoms with E-state index in [-0.39, 0.29) is 21.6 Å². The molecule has 1 aliphatic carbocycles. The molecule has 0 bridgehead atoms. The molecule has 0 saturated carbocycles. The lowest BCUT2D eigenvalue weighted by molar-refractivity contribution is 0.0694. The molecule has 9 nitrogen and oxygen atoms in total. The fourth-order valence-electron chi connectivity index (χ4n) is 6.35. The number of para-hydroxylation sites is 1. The van der Waals surface area contributed by atoms with Gasteiger partial charge in [-0.1, -0.05) is 68.8 Å². The summed E-state index contributed by atoms with van der Waals surface area (Å²) in [5.74, 6) is 0.852. The van der Waals surface area contributed by atoms with E-state index in [0.717, 1.165) is 70.8 Å². The van der Waals surface area contributed by atoms with Crippen LogP contribution in [-0.4, -0.2) is 54.4 Å². The van der Waals surface area contributed by atoms with Crippen LogP contribution in [0.3, 0.4) is 0 Å². The van der Waals surface area contributed by atoms with Crippen molar-refractivity contribution in [3.05, 3.63) is 93.5 Å². The summed E-state index contributed by atoms with van der Waals surface area (Å²) in [6.07, 6.45) is 8.93. The number of thiophene rings is 1. The predicted molar refractivity (Wildman–Crippen MR) is 193 cm³/mol. The molecule has 4 aromatic rings. The van der Waals surface area contributed by atoms with E-state index in [1.165, 1.54) is 6.26 Å². The lowest BCUT2D eigenvalue weighted by Gasteiger charge is -2.32. The highest BCUT2D eigenvalue weighted by Gasteiger charge is 2.31. The second kappa shape index (κ2) is 13.4. The molecule has 2 aromatic carbocycles. The zero-order valence-electron chi connectivity index (χ0n) is 28.2. The maximum absolute atomic E-state index is 13.6. The minimum Gasteiger partial charge on any atom is -0.338 e. The number of likely N-dealkylation sites (tertiary alicyclic amines) is 1. The van der Waals surface area contributed by atoms with E-state index in [1.54, 1.807) is 4.68 Å². The van der Waals surface area contributed by atoms with Crippen LogP contribution in [0, 0.1) is 12.8 Å². The number of allylic oxidation sites excluding steroid dienone is 1. The molecular weight excluding hydrogens is 643 g/mol. The topological polar surface area (TPSA) is 113 Å². The van der Waals surface area contributed by atoms with Crippen LogP contribution in [0.2, 0.25) is 0 Å². The van der Waals surface area contributed by atoms with Crippen LogP contribution in [0.5, 0.6) is 0 Å². The Kier molecular flexibility index (Phi) is 9.37. The van der Waals surface area contributed by atoms with Gasteiger partial charge in [0, 0.05) is 42.1 Å². The van der Waals surface area contributed by atoms with Crippen molar-refractivity contribution in [2.75, 3.05) is 30.0 Å². The Labute approximate surface area is 287 Å². The van der Waals surface area contributed by atoms with Crippen molar-refractivity contribution in [2.45, 2.75) is 69.4 Å². The van der Waals surface area contributed by atoms with Gasteiger partial charge >= 0.3 is 6.03 Å². The number of urea groups is 1. The monoisotopic (exact) mass is 685 g/mol. The van der Waals surface area contributed by atoms with E-state index >= 15 is 0 Å². The summed E-state index contributed by atoms with van der Waals surface area (Å²) < 4.78 is 27.0. The number of nitrogens with zero attached hydrogens (tertiary/aromatic N) is 3. The fourth-order valence-corrected chi connectivity index (χ4v) is 8.84. The third-order valence-corrected chi connectivity index (χ3v) is 12.1. The number of hydrogen-bond acceptors (Lipinski definition) is 6. The smallest absolute Gasteiger partial charge is 0.324 e. The molecule has 1 saturated heterocycles. The van der Waals surface area contributed by atoms with E-state index in [0.29, 0.717) is 41.7 Å². The van der Waals surface area contributed by atoms with Gasteiger partial charge in [0.25, 0.3) is 5.91 Å². The first-order chi connectivity index (χ1) is 22.8. The molecule has 0 atom stereocenters. The standard InChI is InChI=1S/C37H43N5O4S2/c1-24-14-16-27(17-15-24)42-32(23-31(40-42)37(2,3)4)39-36(44)38-30-13-9-6-10-26(30)22-25-18-20-41(21-19-25)34(43)33-28-11-7-8-12-29(28)35(47-33)48(5,45)46/h6,8-10,12-17,23,25H,7,11,18-22H2,1-5H3,(H2,38,39,44). The van der Waals surface area contributed by atoms with Crippen LogP contribution in [0.15, 0.2) is 64.9 Å². The second-order valence-corrected chi connectivity index (χ2v) is 17.1. The highest BCUT2D eigenvalue weighted by atomic mass is 32.2. The first-order valence-corrected chi connectivity index (χ1v) is 19.1. The van der Waals surface area contributed by atoms with Crippen LogP contribution in [0.4, 0.5) is 16.3 Å². The number of sulfone groups is 1. The number of amides is 3. The Morgan fingerprint density at radius 2 is 1.73 bits per heavy atom. The fraction of sp³-hybridized carbons (Fsp3) is 0.378. The van der Waals surface area contributed by atoms with Gasteiger partial charge in [-0.05, 0) is 74.3 Å². The van der Waals surface area contributed by atoms with Gasteiger partial charge in [0.05, 0.1) is 16.3 Å². The van der Waals surface area contributed by atoms with Crippen LogP contribution in [-0.2, 0) is 28.1 Å². The number of rotatable bonds is 7. The van der Waals surface area contributed by atoms with Crippen LogP contribution in [0.1, 0.15) is 77.7 Å². The maximum atomic E-state index is 13.6. The van der Waals surface area contributed by atoms with Gasteiger partial charge in [-0.25, -0.2) is 17.9 Å². The highest BCUT2D eigenvalue weighted by Crippen LogP contribution is 2.38. The molecule has 0 spiro atoms. The number of benzene rings is 2. The zero-order valence-corrected chi connectivity index (χ0v) is 29.8. The molecule has 3 amide bonds. The first-order valence-electron chi connectivity index (χ1n) is 16.4. The first kappa shape index (κ1) is 33.7. The normalized spacial score (nSPS) is 15.3. The molecule has 2 aromatic heterocycles. The predicted octanol–water partition coefficient (Wildman–Crippen LogP) is 7.64. The molecule has 0 unspecified atom stereocenters. The molecule has 0 radical (unpaired) electrons. The van der Waals surface area contributed by atoms with E-state index < -0.39 is 9.84 Å². The number of carbonyl (C=O) groups excluding carboxylic acids is 2. The van der Waals surface area contributed by atoms with Crippen molar-refractivity contribution >= 4 is 50.7 Å². The SMILES string of the molecule is Cc1ccc(-n2nc(C(C)(C)C)cc2NC(=O)Nc2ccccc2CC2CCN(C(=O)c3sc(S(C)(=O)=O)c4c3CCC=C4)CC2)cc1. The Balaban J connectivity index is 1.12. The molecule has 3 heterocycles. The molecule has 252 valence electrons. The number of fused-ring (bicyclic) bond motifs is 1. The summed E-state index contributed by atoms with van der Waals surface area (Å²) in [5.41, 5.74) is 6.02. The van der Waals surface area contributed by atoms with Crippen LogP contribution >= 0.6 is 11.3 Å². The molecule has 2 aliphatic rings. The number of anilines is 2. The van der Waals surface area contributed by atoms with Gasteiger partial charge in [-0.15, -0.1) is 11.3 Å². The van der Waals surface area contributed by atoms with Gasteiger partial charge in [-0.3, -0.25) is 10.1 Å². The van der Waals surface area contributed by atoms with Crippen LogP contribution in [0.25, 0.3) is 11.8 Å². The zero-order chi connectivity index (χ0) is 34.2. The molecule has 11 heteroatoms. The molecule has 1 fully saturated rings. The second-order valence-electron chi connectivity index (χ2n) is 13.9. The summed E-state index contributed by atoms with van der Waals surface area (Å²) in [4.78, 5) is 29.5. The third kappa shape index (κ3) is 7.27. The Hall–Kier alpha value is -4.22. The minimum atomic E-state index is -3.43. The largest absolute Gasteiger partial charge is 0.338 e. The Morgan fingerprint density at radius 3 is 2.42 bits per heavy atom. The summed E-state index contributed by atoms with van der Waals surface area (Å²) in [6, 6.07) is 17.5. The summed E-state index contributed by atoms with van der Waals surface area (Å²) in [6.45, 7) is 9.53. The van der Waals surface area contributed by atoms with Crippen molar-refractivity contribution < 1.29 is 18.0 Å². The number of aryl methyl sites for hydroxylation is 1. The Morgan fingerprint density at radius 1 is 1.02 bits per heavy atom. The van der Waals surface area contributed by atoms with Crippen molar-refractivity contribution in [1.82, 2.24) is 14.7 Å². The minimum absolute atomic E-state index is 0.0712. The highest BCUT2D eigenvalue weighted by molar-refractivity contribution is 7.92. The molecule has 48 heavy (non-hydrogen) atoms.